The average molecular weight is 391 g/mol. The van der Waals surface area contributed by atoms with Crippen molar-refractivity contribution in [1.29, 1.82) is 0 Å². The third-order valence-corrected chi connectivity index (χ3v) is 3.64. The van der Waals surface area contributed by atoms with E-state index in [0.29, 0.717) is 0 Å². The van der Waals surface area contributed by atoms with Crippen molar-refractivity contribution in [3.8, 4) is 0 Å². The molecule has 0 aliphatic carbocycles. The van der Waals surface area contributed by atoms with Crippen molar-refractivity contribution >= 4 is 17.4 Å². The third kappa shape index (κ3) is 4.78. The summed E-state index contributed by atoms with van der Waals surface area (Å²) in [7, 11) is 0. The number of alkyl halides is 3. The van der Waals surface area contributed by atoms with E-state index in [2.05, 4.69) is 25.6 Å². The van der Waals surface area contributed by atoms with Crippen molar-refractivity contribution in [1.82, 2.24) is 15.0 Å². The molecule has 10 heteroatoms. The number of carbonyl (C=O) groups excluding carboxylic acids is 1. The number of pyridine rings is 1. The maximum absolute atomic E-state index is 13.0. The van der Waals surface area contributed by atoms with Gasteiger partial charge in [-0.05, 0) is 29.8 Å². The Morgan fingerprint density at radius 2 is 1.75 bits per heavy atom. The van der Waals surface area contributed by atoms with Crippen molar-refractivity contribution in [2.24, 2.45) is 0 Å². The molecule has 0 saturated heterocycles. The molecule has 0 saturated carbocycles. The zero-order chi connectivity index (χ0) is 20.1. The lowest BCUT2D eigenvalue weighted by molar-refractivity contribution is -0.141. The lowest BCUT2D eigenvalue weighted by Crippen LogP contribution is -2.17. The van der Waals surface area contributed by atoms with E-state index in [1.165, 1.54) is 24.7 Å². The Bertz CT molecular complexity index is 959. The quantitative estimate of drug-likeness (QED) is 0.645. The fourth-order valence-electron chi connectivity index (χ4n) is 2.26. The Labute approximate surface area is 156 Å². The van der Waals surface area contributed by atoms with Gasteiger partial charge in [-0.3, -0.25) is 4.79 Å². The van der Waals surface area contributed by atoms with Crippen LogP contribution in [0, 0.1) is 5.82 Å². The number of carbonyl (C=O) groups is 1. The minimum absolute atomic E-state index is 0.0875. The minimum atomic E-state index is -4.56. The molecule has 1 amide bonds. The Kier molecular flexibility index (Phi) is 5.48. The molecule has 2 heterocycles. The summed E-state index contributed by atoms with van der Waals surface area (Å²) in [4.78, 5) is 23.5. The highest BCUT2D eigenvalue weighted by Crippen LogP contribution is 2.28. The Hall–Kier alpha value is -3.56. The van der Waals surface area contributed by atoms with Gasteiger partial charge in [0.15, 0.2) is 0 Å². The van der Waals surface area contributed by atoms with E-state index < -0.39 is 17.8 Å². The molecule has 6 nitrogen and oxygen atoms in total. The predicted molar refractivity (Wildman–Crippen MR) is 93.0 cm³/mol. The monoisotopic (exact) mass is 391 g/mol. The van der Waals surface area contributed by atoms with Crippen LogP contribution in [0.4, 0.5) is 29.1 Å². The first-order chi connectivity index (χ1) is 13.3. The fraction of sp³-hybridized carbons (Fsp3) is 0.111. The van der Waals surface area contributed by atoms with Gasteiger partial charge in [0.25, 0.3) is 5.91 Å². The first kappa shape index (κ1) is 19.2. The van der Waals surface area contributed by atoms with Crippen molar-refractivity contribution in [2.75, 3.05) is 10.6 Å². The molecule has 0 spiro atoms. The van der Waals surface area contributed by atoms with Crippen LogP contribution in [0.3, 0.4) is 0 Å². The molecule has 3 aromatic rings. The average Bonchev–Trinajstić information content (AvgIpc) is 2.67. The second-order valence-electron chi connectivity index (χ2n) is 5.65. The highest BCUT2D eigenvalue weighted by atomic mass is 19.4. The molecular formula is C18H13F4N5O. The van der Waals surface area contributed by atoms with E-state index in [1.807, 2.05) is 0 Å². The van der Waals surface area contributed by atoms with Crippen LogP contribution < -0.4 is 10.6 Å². The van der Waals surface area contributed by atoms with E-state index in [-0.39, 0.29) is 29.4 Å². The van der Waals surface area contributed by atoms with E-state index in [1.54, 1.807) is 12.1 Å². The zero-order valence-electron chi connectivity index (χ0n) is 14.2. The Morgan fingerprint density at radius 3 is 2.39 bits per heavy atom. The van der Waals surface area contributed by atoms with Gasteiger partial charge in [0.2, 0.25) is 0 Å². The molecule has 2 N–H and O–H groups in total. The molecule has 144 valence electrons. The van der Waals surface area contributed by atoms with Gasteiger partial charge >= 0.3 is 6.18 Å². The molecule has 28 heavy (non-hydrogen) atoms. The largest absolute Gasteiger partial charge is 0.433 e. The lowest BCUT2D eigenvalue weighted by Gasteiger charge is -2.11. The number of nitrogens with one attached hydrogen (secondary N) is 2. The molecule has 0 atom stereocenters. The van der Waals surface area contributed by atoms with E-state index >= 15 is 0 Å². The number of amides is 1. The summed E-state index contributed by atoms with van der Waals surface area (Å²) in [5.41, 5.74) is -0.121. The molecule has 0 radical (unpaired) electrons. The number of aromatic nitrogens is 3. The minimum Gasteiger partial charge on any atom is -0.365 e. The number of rotatable bonds is 5. The summed E-state index contributed by atoms with van der Waals surface area (Å²) < 4.78 is 50.6. The second-order valence-corrected chi connectivity index (χ2v) is 5.65. The summed E-state index contributed by atoms with van der Waals surface area (Å²) in [6.45, 7) is 0.277. The smallest absolute Gasteiger partial charge is 0.365 e. The summed E-state index contributed by atoms with van der Waals surface area (Å²) in [6, 6.07) is 7.65. The van der Waals surface area contributed by atoms with Crippen LogP contribution in [0.1, 0.15) is 21.6 Å². The normalized spacial score (nSPS) is 11.1. The summed E-state index contributed by atoms with van der Waals surface area (Å²) >= 11 is 0. The predicted octanol–water partition coefficient (Wildman–Crippen LogP) is 3.89. The van der Waals surface area contributed by atoms with Crippen LogP contribution in [0.25, 0.3) is 0 Å². The van der Waals surface area contributed by atoms with Crippen LogP contribution in [-0.4, -0.2) is 20.9 Å². The summed E-state index contributed by atoms with van der Waals surface area (Å²) in [5.74, 6) is -0.767. The van der Waals surface area contributed by atoms with Gasteiger partial charge in [-0.1, -0.05) is 12.1 Å². The van der Waals surface area contributed by atoms with Gasteiger partial charge in [-0.15, -0.1) is 0 Å². The van der Waals surface area contributed by atoms with Crippen LogP contribution in [0.2, 0.25) is 0 Å². The van der Waals surface area contributed by atoms with E-state index in [0.717, 1.165) is 23.9 Å². The van der Waals surface area contributed by atoms with Crippen LogP contribution >= 0.6 is 0 Å². The molecule has 0 unspecified atom stereocenters. The Balaban J connectivity index is 1.71. The van der Waals surface area contributed by atoms with Crippen LogP contribution in [0.5, 0.6) is 0 Å². The molecule has 0 bridgehead atoms. The topological polar surface area (TPSA) is 79.8 Å². The summed E-state index contributed by atoms with van der Waals surface area (Å²) in [6.07, 6.45) is -1.14. The van der Waals surface area contributed by atoms with E-state index in [9.17, 15) is 22.4 Å². The van der Waals surface area contributed by atoms with Crippen molar-refractivity contribution in [3.05, 3.63) is 77.8 Å². The van der Waals surface area contributed by atoms with Crippen molar-refractivity contribution in [2.45, 2.75) is 12.7 Å². The van der Waals surface area contributed by atoms with Crippen LogP contribution in [0.15, 0.2) is 55.1 Å². The van der Waals surface area contributed by atoms with Gasteiger partial charge in [-0.25, -0.2) is 19.3 Å². The maximum atomic E-state index is 13.0. The fourth-order valence-corrected chi connectivity index (χ4v) is 2.26. The van der Waals surface area contributed by atoms with Gasteiger partial charge < -0.3 is 10.6 Å². The molecule has 2 aromatic heterocycles. The van der Waals surface area contributed by atoms with Gasteiger partial charge in [0, 0.05) is 12.7 Å². The summed E-state index contributed by atoms with van der Waals surface area (Å²) in [5, 5.41) is 5.39. The number of nitrogens with zero attached hydrogens (tertiary/aromatic N) is 3. The number of halogens is 4. The number of benzene rings is 1. The van der Waals surface area contributed by atoms with Gasteiger partial charge in [0.1, 0.15) is 29.2 Å². The SMILES string of the molecule is O=C(Nc1ccc(C(F)(F)F)nc1)c1cncnc1NCc1ccc(F)cc1. The molecule has 1 aromatic carbocycles. The number of anilines is 2. The number of hydrogen-bond acceptors (Lipinski definition) is 5. The Morgan fingerprint density at radius 1 is 1.00 bits per heavy atom. The van der Waals surface area contributed by atoms with E-state index in [4.69, 9.17) is 0 Å². The highest BCUT2D eigenvalue weighted by Gasteiger charge is 2.32. The first-order valence-corrected chi connectivity index (χ1v) is 7.96. The highest BCUT2D eigenvalue weighted by molar-refractivity contribution is 6.07. The van der Waals surface area contributed by atoms with Crippen molar-refractivity contribution in [3.63, 3.8) is 0 Å². The van der Waals surface area contributed by atoms with Gasteiger partial charge in [0.05, 0.1) is 11.9 Å². The first-order valence-electron chi connectivity index (χ1n) is 7.96. The third-order valence-electron chi connectivity index (χ3n) is 3.64. The second kappa shape index (κ2) is 7.99. The molecule has 0 fully saturated rings. The zero-order valence-corrected chi connectivity index (χ0v) is 14.2. The standard InChI is InChI=1S/C18H13F4N5O/c19-12-3-1-11(2-4-12)7-25-16-14(9-23-10-26-16)17(28)27-13-5-6-15(24-8-13)18(20,21)22/h1-6,8-10H,7H2,(H,27,28)(H,23,25,26). The molecular weight excluding hydrogens is 378 g/mol. The van der Waals surface area contributed by atoms with Gasteiger partial charge in [-0.2, -0.15) is 13.2 Å². The van der Waals surface area contributed by atoms with Crippen LogP contribution in [-0.2, 0) is 12.7 Å². The molecule has 0 aliphatic rings. The van der Waals surface area contributed by atoms with Crippen molar-refractivity contribution < 1.29 is 22.4 Å². The molecule has 3 rings (SSSR count). The molecule has 0 aliphatic heterocycles. The lowest BCUT2D eigenvalue weighted by atomic mass is 10.2. The maximum Gasteiger partial charge on any atom is 0.433 e. The number of hydrogen-bond donors (Lipinski definition) is 2.